The van der Waals surface area contributed by atoms with E-state index in [0.29, 0.717) is 73.4 Å². The van der Waals surface area contributed by atoms with Crippen molar-refractivity contribution in [3.05, 3.63) is 127 Å². The van der Waals surface area contributed by atoms with Crippen molar-refractivity contribution < 1.29 is 9.59 Å². The number of hydrogen-bond acceptors (Lipinski definition) is 13. The lowest BCUT2D eigenvalue weighted by atomic mass is 9.97. The summed E-state index contributed by atoms with van der Waals surface area (Å²) < 4.78 is 3.88. The molecule has 2 aromatic carbocycles. The van der Waals surface area contributed by atoms with Gasteiger partial charge in [0.25, 0.3) is 22.3 Å². The van der Waals surface area contributed by atoms with Gasteiger partial charge in [0.2, 0.25) is 11.9 Å². The highest BCUT2D eigenvalue weighted by molar-refractivity contribution is 6.67. The number of likely N-dealkylation sites (tertiary alicyclic amines) is 1. The van der Waals surface area contributed by atoms with Crippen molar-refractivity contribution in [3.63, 3.8) is 0 Å². The number of pyridine rings is 2. The van der Waals surface area contributed by atoms with Gasteiger partial charge in [0.1, 0.15) is 0 Å². The number of nitrogens with zero attached hydrogens (tertiary/aromatic N) is 11. The predicted octanol–water partition coefficient (Wildman–Crippen LogP) is 8.91. The number of rotatable bonds is 10. The molecule has 404 valence electrons. The lowest BCUT2D eigenvalue weighted by Crippen LogP contribution is -2.59. The fourth-order valence-corrected chi connectivity index (χ4v) is 11.9. The van der Waals surface area contributed by atoms with Crippen molar-refractivity contribution in [1.29, 1.82) is 0 Å². The second-order valence-corrected chi connectivity index (χ2v) is 21.9. The highest BCUT2D eigenvalue weighted by Gasteiger charge is 2.39. The van der Waals surface area contributed by atoms with E-state index in [4.69, 9.17) is 44.8 Å². The number of piperidine rings is 2. The molecule has 0 unspecified atom stereocenters. The van der Waals surface area contributed by atoms with Crippen LogP contribution in [-0.4, -0.2) is 145 Å². The molecule has 4 aliphatic heterocycles. The summed E-state index contributed by atoms with van der Waals surface area (Å²) in [6.07, 6.45) is 14.2. The lowest BCUT2D eigenvalue weighted by Gasteiger charge is -2.47. The Labute approximate surface area is 465 Å². The summed E-state index contributed by atoms with van der Waals surface area (Å²) in [6.45, 7) is 13.8. The van der Waals surface area contributed by atoms with E-state index in [2.05, 4.69) is 48.7 Å². The van der Waals surface area contributed by atoms with Crippen LogP contribution in [0, 0.1) is 0 Å². The third-order valence-electron chi connectivity index (χ3n) is 15.9. The van der Waals surface area contributed by atoms with Gasteiger partial charge < -0.3 is 20.0 Å². The Morgan fingerprint density at radius 2 is 1.00 bits per heavy atom. The topological polar surface area (TPSA) is 158 Å². The maximum Gasteiger partial charge on any atom is 0.264 e. The fourth-order valence-electron chi connectivity index (χ4n) is 11.5. The summed E-state index contributed by atoms with van der Waals surface area (Å²) in [5.41, 5.74) is 2.38. The molecule has 1 amide bonds. The van der Waals surface area contributed by atoms with Crippen molar-refractivity contribution in [2.45, 2.75) is 114 Å². The molecule has 0 spiro atoms. The lowest BCUT2D eigenvalue weighted by molar-refractivity contribution is 0.0489. The SMILES string of the molecule is CC[C@H]1CN(c2nc3ncccc3c(=O)n2C2CC2)CCN1C1CCN(C(=O)c2ccc(Cl)cc2)CC1.CC[C@H]1CN(c2nc3ncccc3c(=O)n2C2CC2)CCN1C1CCNCC1.Cl.O=C(Cl)c1ccc(Cl)cc1. The highest BCUT2D eigenvalue weighted by atomic mass is 35.5. The number of anilines is 2. The maximum atomic E-state index is 13.3. The number of carbonyl (C=O) groups excluding carboxylic acids is 2. The minimum absolute atomic E-state index is 0. The molecular weight excluding hydrogens is 1050 g/mol. The number of benzene rings is 2. The van der Waals surface area contributed by atoms with Crippen LogP contribution in [0.3, 0.4) is 0 Å². The summed E-state index contributed by atoms with van der Waals surface area (Å²) in [5.74, 6) is 1.70. The van der Waals surface area contributed by atoms with E-state index >= 15 is 0 Å². The number of fused-ring (bicyclic) bond motifs is 2. The van der Waals surface area contributed by atoms with Gasteiger partial charge in [-0.3, -0.25) is 38.1 Å². The van der Waals surface area contributed by atoms with E-state index in [0.717, 1.165) is 129 Å². The largest absolute Gasteiger partial charge is 0.339 e. The van der Waals surface area contributed by atoms with E-state index in [9.17, 15) is 19.2 Å². The van der Waals surface area contributed by atoms with Crippen LogP contribution >= 0.6 is 47.2 Å². The van der Waals surface area contributed by atoms with Crippen molar-refractivity contribution in [2.24, 2.45) is 0 Å². The van der Waals surface area contributed by atoms with Gasteiger partial charge in [-0.2, -0.15) is 9.97 Å². The number of nitrogens with one attached hydrogen (secondary N) is 1. The van der Waals surface area contributed by atoms with Gasteiger partial charge in [-0.25, -0.2) is 9.97 Å². The second-order valence-electron chi connectivity index (χ2n) is 20.7. The van der Waals surface area contributed by atoms with Crippen LogP contribution in [-0.2, 0) is 0 Å². The molecule has 8 heterocycles. The monoisotopic (exact) mass is 1110 g/mol. The van der Waals surface area contributed by atoms with Gasteiger partial charge in [0.05, 0.1) is 10.8 Å². The van der Waals surface area contributed by atoms with E-state index in [1.807, 2.05) is 38.3 Å². The van der Waals surface area contributed by atoms with Crippen LogP contribution < -0.4 is 26.2 Å². The Kier molecular flexibility index (Phi) is 18.3. The van der Waals surface area contributed by atoms with Gasteiger partial charge in [-0.15, -0.1) is 12.4 Å². The van der Waals surface area contributed by atoms with E-state index < -0.39 is 5.24 Å². The molecule has 2 atom stereocenters. The molecule has 16 nitrogen and oxygen atoms in total. The molecule has 0 bridgehead atoms. The minimum Gasteiger partial charge on any atom is -0.339 e. The molecule has 6 aromatic rings. The van der Waals surface area contributed by atoms with Crippen molar-refractivity contribution in [3.8, 4) is 0 Å². The zero-order valence-corrected chi connectivity index (χ0v) is 46.4. The first-order chi connectivity index (χ1) is 36.5. The Bertz CT molecular complexity index is 3090. The molecule has 76 heavy (non-hydrogen) atoms. The molecule has 6 aliphatic rings. The average Bonchev–Trinajstić information content (AvgIpc) is 4.42. The summed E-state index contributed by atoms with van der Waals surface area (Å²) in [4.78, 5) is 80.5. The van der Waals surface area contributed by atoms with Crippen molar-refractivity contribution >= 4 is 92.3 Å². The molecule has 4 aromatic heterocycles. The molecule has 2 saturated carbocycles. The number of amides is 1. The molecule has 0 radical (unpaired) electrons. The van der Waals surface area contributed by atoms with Gasteiger partial charge in [0, 0.05) is 122 Å². The number of piperazine rings is 2. The third-order valence-corrected chi connectivity index (χ3v) is 16.6. The predicted molar refractivity (Wildman–Crippen MR) is 305 cm³/mol. The van der Waals surface area contributed by atoms with Crippen molar-refractivity contribution in [1.82, 2.24) is 49.1 Å². The van der Waals surface area contributed by atoms with Crippen LogP contribution in [0.25, 0.3) is 22.1 Å². The zero-order chi connectivity index (χ0) is 52.2. The molecule has 4 saturated heterocycles. The first-order valence-electron chi connectivity index (χ1n) is 27.0. The van der Waals surface area contributed by atoms with E-state index in [-0.39, 0.29) is 35.5 Å². The summed E-state index contributed by atoms with van der Waals surface area (Å²) in [5, 5.41) is 5.50. The molecule has 12 rings (SSSR count). The quantitative estimate of drug-likeness (QED) is 0.130. The fraction of sp³-hybridized carbons (Fsp3) is 0.500. The third kappa shape index (κ3) is 12.5. The number of halogens is 4. The molecule has 6 fully saturated rings. The van der Waals surface area contributed by atoms with Gasteiger partial charge in [-0.1, -0.05) is 37.0 Å². The van der Waals surface area contributed by atoms with Gasteiger partial charge >= 0.3 is 0 Å². The highest BCUT2D eigenvalue weighted by Crippen LogP contribution is 2.39. The molecule has 20 heteroatoms. The minimum atomic E-state index is -0.461. The van der Waals surface area contributed by atoms with E-state index in [1.165, 1.54) is 12.8 Å². The maximum absolute atomic E-state index is 13.3. The Morgan fingerprint density at radius 1 is 0.566 bits per heavy atom. The second kappa shape index (κ2) is 25.1. The smallest absolute Gasteiger partial charge is 0.264 e. The van der Waals surface area contributed by atoms with Crippen molar-refractivity contribution in [2.75, 3.05) is 75.2 Å². The van der Waals surface area contributed by atoms with Crippen LogP contribution in [0.1, 0.15) is 111 Å². The van der Waals surface area contributed by atoms with Crippen LogP contribution in [0.15, 0.2) is 94.8 Å². The number of hydrogen-bond donors (Lipinski definition) is 1. The zero-order valence-electron chi connectivity index (χ0n) is 43.3. The number of aromatic nitrogens is 6. The van der Waals surface area contributed by atoms with Crippen LogP contribution in [0.4, 0.5) is 11.9 Å². The normalized spacial score (nSPS) is 20.8. The molecule has 2 aliphatic carbocycles. The average molecular weight is 1120 g/mol. The first kappa shape index (κ1) is 55.6. The van der Waals surface area contributed by atoms with E-state index in [1.54, 1.807) is 60.9 Å². The Hall–Kier alpha value is -5.20. The summed E-state index contributed by atoms with van der Waals surface area (Å²) in [7, 11) is 0. The standard InChI is InChI=1S/C28H33ClN6O2.C21H30N6O.C7H4Cl2O.ClH/c1-2-21-18-33(28-31-25-24(4-3-13-30-25)27(37)35(28)23-9-10-23)16-17-34(21)22-11-14-32(15-12-22)26(36)19-5-7-20(29)8-6-19;1-2-15-14-25(12-13-26(15)16-7-10-22-11-8-16)21-24-19-18(4-3-9-23-19)20(28)27(21)17-5-6-17;8-6-3-1-5(2-4-6)7(9)10;/h3-8,13,21-23H,2,9-12,14-18H2,1H3;3-4,9,15-17,22H,2,5-8,10-14H2,1H3;1-4H;1H/t21-;15-;;/m00../s1. The van der Waals surface area contributed by atoms with Gasteiger partial charge in [0.15, 0.2) is 11.3 Å². The summed E-state index contributed by atoms with van der Waals surface area (Å²) >= 11 is 16.7. The Balaban J connectivity index is 0.000000159. The van der Waals surface area contributed by atoms with Crippen LogP contribution in [0.2, 0.25) is 10.0 Å². The van der Waals surface area contributed by atoms with Crippen LogP contribution in [0.5, 0.6) is 0 Å². The Morgan fingerprint density at radius 3 is 1.42 bits per heavy atom. The molecular formula is C56H68Cl4N12O4. The summed E-state index contributed by atoms with van der Waals surface area (Å²) in [6, 6.07) is 23.5. The number of carbonyl (C=O) groups is 2. The van der Waals surface area contributed by atoms with Gasteiger partial charge in [-0.05, 0) is 162 Å². The molecule has 1 N–H and O–H groups in total. The first-order valence-corrected chi connectivity index (χ1v) is 28.1.